The maximum atomic E-state index is 11.5. The van der Waals surface area contributed by atoms with E-state index in [1.165, 1.54) is 16.7 Å². The molecular formula is C35H40N2O10. The van der Waals surface area contributed by atoms with Crippen LogP contribution in [0.1, 0.15) is 48.8 Å². The van der Waals surface area contributed by atoms with Gasteiger partial charge in [-0.25, -0.2) is 9.59 Å². The largest absolute Gasteiger partial charge is 0.481 e. The number of hydrogen-bond acceptors (Lipinski definition) is 8. The molecule has 1 aliphatic rings. The SMILES string of the molecule is O=C(O)CC(O)(CC(=O)O)C(=O)O.O=c1[nH]c2ccc(CN3CCC(CCc4ccccc4)(COCc4ccccc4)CC3)cc2o1. The van der Waals surface area contributed by atoms with Crippen LogP contribution in [0.25, 0.3) is 11.1 Å². The number of aryl methyl sites for hydroxylation is 1. The molecule has 5 rings (SSSR count). The third-order valence-corrected chi connectivity index (χ3v) is 8.40. The molecule has 0 radical (unpaired) electrons. The van der Waals surface area contributed by atoms with Crippen molar-refractivity contribution in [3.8, 4) is 0 Å². The third kappa shape index (κ3) is 10.6. The predicted octanol–water partition coefficient (Wildman–Crippen LogP) is 4.30. The lowest BCUT2D eigenvalue weighted by Gasteiger charge is -2.42. The summed E-state index contributed by atoms with van der Waals surface area (Å²) < 4.78 is 11.5. The van der Waals surface area contributed by atoms with Gasteiger partial charge in [0.25, 0.3) is 0 Å². The minimum atomic E-state index is -2.74. The van der Waals surface area contributed by atoms with Gasteiger partial charge in [0.15, 0.2) is 11.2 Å². The zero-order valence-corrected chi connectivity index (χ0v) is 26.0. The molecule has 4 aromatic rings. The molecule has 250 valence electrons. The molecule has 2 heterocycles. The summed E-state index contributed by atoms with van der Waals surface area (Å²) in [5, 5.41) is 33.8. The van der Waals surface area contributed by atoms with Gasteiger partial charge in [0.2, 0.25) is 0 Å². The number of aliphatic hydroxyl groups is 1. The second kappa shape index (κ2) is 16.2. The molecule has 5 N–H and O–H groups in total. The van der Waals surface area contributed by atoms with Crippen molar-refractivity contribution in [2.24, 2.45) is 5.41 Å². The van der Waals surface area contributed by atoms with Gasteiger partial charge >= 0.3 is 23.7 Å². The van der Waals surface area contributed by atoms with Crippen LogP contribution in [0.3, 0.4) is 0 Å². The summed E-state index contributed by atoms with van der Waals surface area (Å²) in [4.78, 5) is 47.2. The average Bonchev–Trinajstić information content (AvgIpc) is 3.41. The molecule has 0 unspecified atom stereocenters. The molecule has 0 spiro atoms. The highest BCUT2D eigenvalue weighted by molar-refractivity contribution is 5.88. The molecule has 3 aromatic carbocycles. The Morgan fingerprint density at radius 1 is 0.851 bits per heavy atom. The summed E-state index contributed by atoms with van der Waals surface area (Å²) in [5.74, 6) is -5.42. The highest BCUT2D eigenvalue weighted by Gasteiger charge is 2.41. The second-order valence-corrected chi connectivity index (χ2v) is 12.1. The minimum absolute atomic E-state index is 0.193. The van der Waals surface area contributed by atoms with Crippen LogP contribution < -0.4 is 5.76 Å². The Hall–Kier alpha value is -4.78. The quantitative estimate of drug-likeness (QED) is 0.131. The van der Waals surface area contributed by atoms with Crippen LogP contribution in [0.4, 0.5) is 0 Å². The number of likely N-dealkylation sites (tertiary alicyclic amines) is 1. The Morgan fingerprint density at radius 3 is 2.02 bits per heavy atom. The van der Waals surface area contributed by atoms with Gasteiger partial charge in [-0.2, -0.15) is 0 Å². The first-order valence-electron chi connectivity index (χ1n) is 15.3. The van der Waals surface area contributed by atoms with Gasteiger partial charge in [-0.15, -0.1) is 0 Å². The van der Waals surface area contributed by atoms with Crippen molar-refractivity contribution in [2.75, 3.05) is 19.7 Å². The van der Waals surface area contributed by atoms with Crippen LogP contribution in [-0.2, 0) is 38.7 Å². The molecule has 12 heteroatoms. The number of aromatic nitrogens is 1. The number of benzene rings is 3. The first-order chi connectivity index (χ1) is 22.4. The van der Waals surface area contributed by atoms with Crippen molar-refractivity contribution in [3.63, 3.8) is 0 Å². The normalized spacial score (nSPS) is 14.7. The van der Waals surface area contributed by atoms with E-state index < -0.39 is 42.1 Å². The van der Waals surface area contributed by atoms with E-state index in [9.17, 15) is 19.2 Å². The fraction of sp³-hybridized carbons (Fsp3) is 0.371. The van der Waals surface area contributed by atoms with E-state index in [2.05, 4.69) is 70.5 Å². The maximum Gasteiger partial charge on any atom is 0.417 e. The molecule has 1 aliphatic heterocycles. The lowest BCUT2D eigenvalue weighted by molar-refractivity contribution is -0.170. The van der Waals surface area contributed by atoms with Crippen LogP contribution in [0.2, 0.25) is 0 Å². The number of carbonyl (C=O) groups is 3. The van der Waals surface area contributed by atoms with Crippen molar-refractivity contribution in [2.45, 2.75) is 57.3 Å². The summed E-state index contributed by atoms with van der Waals surface area (Å²) in [6.45, 7) is 4.41. The number of H-pyrrole nitrogens is 1. The zero-order chi connectivity index (χ0) is 33.9. The second-order valence-electron chi connectivity index (χ2n) is 12.1. The fourth-order valence-corrected chi connectivity index (χ4v) is 5.73. The number of hydrogen-bond donors (Lipinski definition) is 5. The van der Waals surface area contributed by atoms with Crippen LogP contribution >= 0.6 is 0 Å². The number of nitrogens with zero attached hydrogens (tertiary/aromatic N) is 1. The number of rotatable bonds is 14. The van der Waals surface area contributed by atoms with Crippen LogP contribution in [0.5, 0.6) is 0 Å². The van der Waals surface area contributed by atoms with E-state index in [0.29, 0.717) is 12.2 Å². The van der Waals surface area contributed by atoms with Crippen molar-refractivity contribution in [3.05, 3.63) is 106 Å². The summed E-state index contributed by atoms with van der Waals surface area (Å²) >= 11 is 0. The summed E-state index contributed by atoms with van der Waals surface area (Å²) in [6, 6.07) is 27.2. The number of aliphatic carboxylic acids is 3. The van der Waals surface area contributed by atoms with Gasteiger partial charge in [0.05, 0.1) is 31.6 Å². The Labute approximate surface area is 271 Å². The summed E-state index contributed by atoms with van der Waals surface area (Å²) in [6.07, 6.45) is 2.17. The van der Waals surface area contributed by atoms with E-state index in [4.69, 9.17) is 29.6 Å². The summed E-state index contributed by atoms with van der Waals surface area (Å²) in [7, 11) is 0. The summed E-state index contributed by atoms with van der Waals surface area (Å²) in [5.41, 5.74) is 2.63. The standard InChI is InChI=1S/C29H32N2O3.C6H8O7/c32-28-30-26-12-11-25(19-27(26)34-28)20-31-17-15-29(16-18-31,14-13-23-7-3-1-4-8-23)22-33-21-24-9-5-2-6-10-24;7-3(8)1-6(13,5(11)12)2-4(9)10/h1-12,19H,13-18,20-22H2,(H,30,32);13H,1-2H2,(H,7,8)(H,9,10)(H,11,12). The Morgan fingerprint density at radius 2 is 1.45 bits per heavy atom. The van der Waals surface area contributed by atoms with Crippen molar-refractivity contribution < 1.29 is 44.0 Å². The van der Waals surface area contributed by atoms with Gasteiger partial charge in [-0.3, -0.25) is 19.5 Å². The van der Waals surface area contributed by atoms with E-state index in [1.807, 2.05) is 18.2 Å². The first-order valence-corrected chi connectivity index (χ1v) is 15.3. The molecule has 0 bridgehead atoms. The average molecular weight is 649 g/mol. The number of ether oxygens (including phenoxy) is 1. The third-order valence-electron chi connectivity index (χ3n) is 8.40. The Balaban J connectivity index is 0.000000328. The number of piperidine rings is 1. The van der Waals surface area contributed by atoms with Crippen molar-refractivity contribution >= 4 is 29.0 Å². The Bertz CT molecular complexity index is 1660. The Kier molecular flexibility index (Phi) is 12.1. The fourth-order valence-electron chi connectivity index (χ4n) is 5.73. The number of oxazole rings is 1. The number of nitrogens with one attached hydrogen (secondary N) is 1. The maximum absolute atomic E-state index is 11.5. The van der Waals surface area contributed by atoms with Crippen molar-refractivity contribution in [1.29, 1.82) is 0 Å². The molecule has 0 saturated carbocycles. The molecule has 1 fully saturated rings. The first kappa shape index (κ1) is 35.1. The number of carboxylic acid groups (broad SMARTS) is 3. The van der Waals surface area contributed by atoms with E-state index >= 15 is 0 Å². The number of aromatic amines is 1. The predicted molar refractivity (Wildman–Crippen MR) is 172 cm³/mol. The lowest BCUT2D eigenvalue weighted by Crippen LogP contribution is -2.42. The smallest absolute Gasteiger partial charge is 0.417 e. The minimum Gasteiger partial charge on any atom is -0.481 e. The van der Waals surface area contributed by atoms with Gasteiger partial charge in [-0.1, -0.05) is 66.7 Å². The highest BCUT2D eigenvalue weighted by Crippen LogP contribution is 2.37. The molecule has 0 aliphatic carbocycles. The number of carboxylic acids is 3. The van der Waals surface area contributed by atoms with Crippen molar-refractivity contribution in [1.82, 2.24) is 9.88 Å². The molecule has 0 amide bonds. The van der Waals surface area contributed by atoms with Crippen LogP contribution in [0.15, 0.2) is 88.1 Å². The van der Waals surface area contributed by atoms with E-state index in [-0.39, 0.29) is 5.41 Å². The van der Waals surface area contributed by atoms with Gasteiger partial charge in [0, 0.05) is 6.54 Å². The van der Waals surface area contributed by atoms with Crippen LogP contribution in [-0.4, -0.2) is 73.5 Å². The zero-order valence-electron chi connectivity index (χ0n) is 26.0. The molecule has 47 heavy (non-hydrogen) atoms. The molecule has 0 atom stereocenters. The number of fused-ring (bicyclic) bond motifs is 1. The highest BCUT2D eigenvalue weighted by atomic mass is 16.5. The molecule has 12 nitrogen and oxygen atoms in total. The van der Waals surface area contributed by atoms with Gasteiger partial charge in [0.1, 0.15) is 0 Å². The van der Waals surface area contributed by atoms with E-state index in [1.54, 1.807) is 0 Å². The molecule has 1 saturated heterocycles. The van der Waals surface area contributed by atoms with E-state index in [0.717, 1.165) is 57.4 Å². The topological polar surface area (TPSA) is 191 Å². The van der Waals surface area contributed by atoms with Gasteiger partial charge < -0.3 is 29.6 Å². The lowest BCUT2D eigenvalue weighted by atomic mass is 9.74. The molecule has 1 aromatic heterocycles. The molecular weight excluding hydrogens is 608 g/mol. The van der Waals surface area contributed by atoms with Gasteiger partial charge in [-0.05, 0) is 73.0 Å². The van der Waals surface area contributed by atoms with Crippen LogP contribution in [0, 0.1) is 5.41 Å². The monoisotopic (exact) mass is 648 g/mol.